The van der Waals surface area contributed by atoms with Gasteiger partial charge >= 0.3 is 5.69 Å². The summed E-state index contributed by atoms with van der Waals surface area (Å²) in [7, 11) is 1.86. The molecule has 0 saturated carbocycles. The average molecular weight is 553 g/mol. The number of likely N-dealkylation sites (tertiary alicyclic amines) is 1. The number of halogens is 1. The van der Waals surface area contributed by atoms with Gasteiger partial charge in [0.25, 0.3) is 0 Å². The maximum absolute atomic E-state index is 12.5. The fourth-order valence-electron chi connectivity index (χ4n) is 5.13. The topological polar surface area (TPSA) is 67.5 Å². The molecule has 1 N–H and O–H groups in total. The molecule has 176 valence electrons. The first-order chi connectivity index (χ1) is 15.2. The number of fused-ring (bicyclic) bond motifs is 1. The molecule has 1 fully saturated rings. The van der Waals surface area contributed by atoms with Gasteiger partial charge in [0, 0.05) is 46.2 Å². The molecule has 2 aliphatic rings. The number of aryl methyl sites for hydroxylation is 2. The van der Waals surface area contributed by atoms with Crippen LogP contribution in [0.5, 0.6) is 0 Å². The normalized spacial score (nSPS) is 21.1. The summed E-state index contributed by atoms with van der Waals surface area (Å²) in [4.78, 5) is 19.4. The Kier molecular flexibility index (Phi) is 9.19. The Labute approximate surface area is 208 Å². The fraction of sp³-hybridized carbons (Fsp3) is 0.625. The van der Waals surface area contributed by atoms with E-state index in [1.807, 2.05) is 11.6 Å². The number of piperidine rings is 1. The van der Waals surface area contributed by atoms with Gasteiger partial charge < -0.3 is 10.2 Å². The van der Waals surface area contributed by atoms with Crippen LogP contribution in [0.25, 0.3) is 0 Å². The summed E-state index contributed by atoms with van der Waals surface area (Å²) in [6.07, 6.45) is 6.31. The highest BCUT2D eigenvalue weighted by atomic mass is 127. The second-order valence-corrected chi connectivity index (χ2v) is 8.78. The number of nitrogens with one attached hydrogen (secondary N) is 1. The van der Waals surface area contributed by atoms with Crippen molar-refractivity contribution in [1.29, 1.82) is 0 Å². The van der Waals surface area contributed by atoms with E-state index in [4.69, 9.17) is 0 Å². The third-order valence-electron chi connectivity index (χ3n) is 6.86. The van der Waals surface area contributed by atoms with Gasteiger partial charge in [0.15, 0.2) is 5.96 Å². The minimum atomic E-state index is 0. The van der Waals surface area contributed by atoms with Gasteiger partial charge in [-0.25, -0.2) is 9.48 Å². The third kappa shape index (κ3) is 5.55. The molecule has 3 heterocycles. The molecule has 0 aliphatic carbocycles. The van der Waals surface area contributed by atoms with Crippen molar-refractivity contribution in [2.75, 3.05) is 26.7 Å². The Morgan fingerprint density at radius 3 is 2.75 bits per heavy atom. The van der Waals surface area contributed by atoms with Crippen molar-refractivity contribution in [2.45, 2.75) is 64.5 Å². The highest BCUT2D eigenvalue weighted by molar-refractivity contribution is 14.0. The lowest BCUT2D eigenvalue weighted by atomic mass is 9.79. The predicted octanol–water partition coefficient (Wildman–Crippen LogP) is 3.48. The summed E-state index contributed by atoms with van der Waals surface area (Å²) in [6, 6.07) is 10.9. The summed E-state index contributed by atoms with van der Waals surface area (Å²) < 4.78 is 3.49. The molecular weight excluding hydrogens is 515 g/mol. The van der Waals surface area contributed by atoms with Gasteiger partial charge in [0.2, 0.25) is 0 Å². The molecule has 4 rings (SSSR count). The van der Waals surface area contributed by atoms with Crippen LogP contribution < -0.4 is 11.0 Å². The Hall–Kier alpha value is -1.84. The van der Waals surface area contributed by atoms with Crippen molar-refractivity contribution in [2.24, 2.45) is 10.9 Å². The number of nitrogens with zero attached hydrogens (tertiary/aromatic N) is 5. The van der Waals surface area contributed by atoms with E-state index in [9.17, 15) is 4.79 Å². The average Bonchev–Trinajstić information content (AvgIpc) is 3.15. The first-order valence-electron chi connectivity index (χ1n) is 11.9. The van der Waals surface area contributed by atoms with Crippen LogP contribution in [-0.2, 0) is 19.5 Å². The van der Waals surface area contributed by atoms with Gasteiger partial charge in [0.1, 0.15) is 5.82 Å². The Morgan fingerprint density at radius 2 is 2.03 bits per heavy atom. The van der Waals surface area contributed by atoms with E-state index in [0.29, 0.717) is 18.4 Å². The number of guanidine groups is 1. The molecule has 1 aromatic heterocycles. The van der Waals surface area contributed by atoms with Crippen LogP contribution in [0.1, 0.15) is 56.3 Å². The number of rotatable bonds is 6. The SMILES string of the molecule is CCC1CN(C(=NC)NCCCn2nc3n(c2=O)CCCC3)CCC1c1ccccc1.I. The van der Waals surface area contributed by atoms with Crippen LogP contribution in [0.15, 0.2) is 40.1 Å². The molecule has 32 heavy (non-hydrogen) atoms. The van der Waals surface area contributed by atoms with Crippen molar-refractivity contribution in [3.05, 3.63) is 52.2 Å². The maximum atomic E-state index is 12.5. The van der Waals surface area contributed by atoms with Crippen LogP contribution in [-0.4, -0.2) is 51.9 Å². The summed E-state index contributed by atoms with van der Waals surface area (Å²) in [5.74, 6) is 3.18. The van der Waals surface area contributed by atoms with Crippen LogP contribution in [0.4, 0.5) is 0 Å². The summed E-state index contributed by atoms with van der Waals surface area (Å²) in [5, 5.41) is 8.05. The van der Waals surface area contributed by atoms with E-state index in [1.165, 1.54) is 12.0 Å². The lowest BCUT2D eigenvalue weighted by Gasteiger charge is -2.40. The zero-order chi connectivity index (χ0) is 21.6. The third-order valence-corrected chi connectivity index (χ3v) is 6.86. The molecular formula is C24H37IN6O. The minimum absolute atomic E-state index is 0. The molecule has 2 aromatic rings. The van der Waals surface area contributed by atoms with Crippen LogP contribution in [0.3, 0.4) is 0 Å². The van der Waals surface area contributed by atoms with E-state index in [0.717, 1.165) is 70.1 Å². The first kappa shape index (κ1) is 24.8. The van der Waals surface area contributed by atoms with E-state index in [1.54, 1.807) is 4.68 Å². The minimum Gasteiger partial charge on any atom is -0.356 e. The van der Waals surface area contributed by atoms with Gasteiger partial charge in [-0.15, -0.1) is 24.0 Å². The Balaban J connectivity index is 0.00000289. The van der Waals surface area contributed by atoms with Crippen molar-refractivity contribution in [3.63, 3.8) is 0 Å². The smallest absolute Gasteiger partial charge is 0.345 e. The molecule has 7 nitrogen and oxygen atoms in total. The molecule has 0 bridgehead atoms. The van der Waals surface area contributed by atoms with Crippen molar-refractivity contribution in [3.8, 4) is 0 Å². The number of aliphatic imine (C=N–C) groups is 1. The van der Waals surface area contributed by atoms with Crippen LogP contribution >= 0.6 is 24.0 Å². The number of benzene rings is 1. The van der Waals surface area contributed by atoms with Gasteiger partial charge in [-0.1, -0.05) is 43.7 Å². The highest BCUT2D eigenvalue weighted by Crippen LogP contribution is 2.34. The second kappa shape index (κ2) is 11.9. The predicted molar refractivity (Wildman–Crippen MR) is 140 cm³/mol. The molecule has 0 spiro atoms. The fourth-order valence-corrected chi connectivity index (χ4v) is 5.13. The van der Waals surface area contributed by atoms with Gasteiger partial charge in [-0.05, 0) is 43.1 Å². The lowest BCUT2D eigenvalue weighted by molar-refractivity contribution is 0.215. The lowest BCUT2D eigenvalue weighted by Crippen LogP contribution is -2.48. The molecule has 0 amide bonds. The van der Waals surface area contributed by atoms with E-state index >= 15 is 0 Å². The molecule has 2 aliphatic heterocycles. The van der Waals surface area contributed by atoms with E-state index in [-0.39, 0.29) is 29.7 Å². The molecule has 1 saturated heterocycles. The van der Waals surface area contributed by atoms with Crippen LogP contribution in [0, 0.1) is 5.92 Å². The van der Waals surface area contributed by atoms with Crippen molar-refractivity contribution >= 4 is 29.9 Å². The van der Waals surface area contributed by atoms with Crippen molar-refractivity contribution in [1.82, 2.24) is 24.6 Å². The molecule has 2 atom stereocenters. The molecule has 1 aromatic carbocycles. The number of hydrogen-bond donors (Lipinski definition) is 1. The summed E-state index contributed by atoms with van der Waals surface area (Å²) >= 11 is 0. The first-order valence-corrected chi connectivity index (χ1v) is 11.9. The zero-order valence-corrected chi connectivity index (χ0v) is 21.7. The van der Waals surface area contributed by atoms with Gasteiger partial charge in [-0.2, -0.15) is 5.10 Å². The van der Waals surface area contributed by atoms with E-state index < -0.39 is 0 Å². The quantitative estimate of drug-likeness (QED) is 0.258. The Bertz CT molecular complexity index is 938. The number of hydrogen-bond acceptors (Lipinski definition) is 3. The molecule has 2 unspecified atom stereocenters. The summed E-state index contributed by atoms with van der Waals surface area (Å²) in [5.41, 5.74) is 1.51. The van der Waals surface area contributed by atoms with E-state index in [2.05, 4.69) is 57.6 Å². The van der Waals surface area contributed by atoms with Gasteiger partial charge in [-0.3, -0.25) is 9.56 Å². The number of aromatic nitrogens is 3. The maximum Gasteiger partial charge on any atom is 0.345 e. The molecule has 8 heteroatoms. The van der Waals surface area contributed by atoms with Crippen LogP contribution in [0.2, 0.25) is 0 Å². The van der Waals surface area contributed by atoms with Crippen molar-refractivity contribution < 1.29 is 0 Å². The Morgan fingerprint density at radius 1 is 1.22 bits per heavy atom. The van der Waals surface area contributed by atoms with Gasteiger partial charge in [0.05, 0.1) is 0 Å². The monoisotopic (exact) mass is 552 g/mol. The zero-order valence-electron chi connectivity index (χ0n) is 19.4. The highest BCUT2D eigenvalue weighted by Gasteiger charge is 2.30. The largest absolute Gasteiger partial charge is 0.356 e. The second-order valence-electron chi connectivity index (χ2n) is 8.78. The molecule has 0 radical (unpaired) electrons. The summed E-state index contributed by atoms with van der Waals surface area (Å²) in [6.45, 7) is 6.60. The standard InChI is InChI=1S/C24H36N6O.HI/c1-3-19-18-28(17-13-21(19)20-10-5-4-6-11-20)23(25-2)26-14-9-16-30-24(31)29-15-8-7-12-22(29)27-30;/h4-6,10-11,19,21H,3,7-9,12-18H2,1-2H3,(H,25,26);1H.